The lowest BCUT2D eigenvalue weighted by Crippen LogP contribution is -2.54. The Morgan fingerprint density at radius 2 is 1.88 bits per heavy atom. The van der Waals surface area contributed by atoms with Gasteiger partial charge in [-0.3, -0.25) is 4.79 Å². The van der Waals surface area contributed by atoms with E-state index in [2.05, 4.69) is 31.0 Å². The molecule has 2 aliphatic rings. The number of amides is 1. The van der Waals surface area contributed by atoms with E-state index in [9.17, 15) is 4.79 Å². The van der Waals surface area contributed by atoms with Crippen LogP contribution in [0.4, 0.5) is 0 Å². The smallest absolute Gasteiger partial charge is 0.239 e. The second-order valence-electron chi connectivity index (χ2n) is 5.64. The third-order valence-corrected chi connectivity index (χ3v) is 4.92. The van der Waals surface area contributed by atoms with Gasteiger partial charge in [0.2, 0.25) is 5.91 Å². The largest absolute Gasteiger partial charge is 0.339 e. The van der Waals surface area contributed by atoms with Gasteiger partial charge in [0.15, 0.2) is 0 Å². The van der Waals surface area contributed by atoms with Gasteiger partial charge in [-0.2, -0.15) is 11.8 Å². The van der Waals surface area contributed by atoms with Crippen LogP contribution >= 0.6 is 11.8 Å². The summed E-state index contributed by atoms with van der Waals surface area (Å²) in [4.78, 5) is 14.5. The summed E-state index contributed by atoms with van der Waals surface area (Å²) in [6.07, 6.45) is 2.21. The summed E-state index contributed by atoms with van der Waals surface area (Å²) in [6.45, 7) is 9.51. The quantitative estimate of drug-likeness (QED) is 0.775. The van der Waals surface area contributed by atoms with Gasteiger partial charge in [0.25, 0.3) is 0 Å². The van der Waals surface area contributed by atoms with Crippen molar-refractivity contribution >= 4 is 17.7 Å². The third-order valence-electron chi connectivity index (χ3n) is 3.70. The maximum absolute atomic E-state index is 12.4. The number of rotatable bonds is 1. The van der Waals surface area contributed by atoms with Crippen molar-refractivity contribution in [3.05, 3.63) is 0 Å². The van der Waals surface area contributed by atoms with Gasteiger partial charge in [-0.15, -0.1) is 0 Å². The highest BCUT2D eigenvalue weighted by molar-refractivity contribution is 8.00. The zero-order valence-electron chi connectivity index (χ0n) is 11.1. The first-order chi connectivity index (χ1) is 8.06. The topological polar surface area (TPSA) is 32.3 Å². The van der Waals surface area contributed by atoms with Crippen molar-refractivity contribution in [2.45, 2.75) is 50.2 Å². The average Bonchev–Trinajstić information content (AvgIpc) is 2.26. The number of hydrogen-bond donors (Lipinski definition) is 1. The van der Waals surface area contributed by atoms with E-state index in [1.807, 2.05) is 11.8 Å². The van der Waals surface area contributed by atoms with Crippen LogP contribution in [0.5, 0.6) is 0 Å². The number of nitrogens with zero attached hydrogens (tertiary/aromatic N) is 1. The number of hydrogen-bond acceptors (Lipinski definition) is 3. The predicted molar refractivity (Wildman–Crippen MR) is 73.3 cm³/mol. The minimum absolute atomic E-state index is 0.0706. The summed E-state index contributed by atoms with van der Waals surface area (Å²) in [7, 11) is 0. The third kappa shape index (κ3) is 3.38. The van der Waals surface area contributed by atoms with Crippen LogP contribution in [0.1, 0.15) is 33.6 Å². The molecule has 2 saturated heterocycles. The van der Waals surface area contributed by atoms with E-state index in [0.717, 1.165) is 26.1 Å². The molecule has 2 fully saturated rings. The zero-order valence-corrected chi connectivity index (χ0v) is 11.9. The van der Waals surface area contributed by atoms with Gasteiger partial charge >= 0.3 is 0 Å². The maximum atomic E-state index is 12.4. The highest BCUT2D eigenvalue weighted by atomic mass is 32.2. The number of nitrogens with one attached hydrogen (secondary N) is 1. The first-order valence-corrected chi connectivity index (χ1v) is 7.68. The molecular formula is C13H24N2OS. The molecule has 0 bridgehead atoms. The van der Waals surface area contributed by atoms with Crippen molar-refractivity contribution in [2.24, 2.45) is 5.92 Å². The lowest BCUT2D eigenvalue weighted by atomic mass is 9.93. The monoisotopic (exact) mass is 256 g/mol. The Kier molecular flexibility index (Phi) is 4.36. The lowest BCUT2D eigenvalue weighted by Gasteiger charge is -2.38. The van der Waals surface area contributed by atoms with Gasteiger partial charge in [-0.25, -0.2) is 0 Å². The first kappa shape index (κ1) is 13.2. The summed E-state index contributed by atoms with van der Waals surface area (Å²) in [5.74, 6) is 1.01. The molecule has 0 aromatic heterocycles. The number of piperidine rings is 1. The van der Waals surface area contributed by atoms with Gasteiger partial charge in [0, 0.05) is 23.6 Å². The molecule has 0 radical (unpaired) electrons. The van der Waals surface area contributed by atoms with Crippen LogP contribution in [0, 0.1) is 5.92 Å². The van der Waals surface area contributed by atoms with E-state index in [1.54, 1.807) is 0 Å². The van der Waals surface area contributed by atoms with Crippen LogP contribution in [-0.2, 0) is 4.79 Å². The normalized spacial score (nSPS) is 39.1. The Labute approximate surface area is 109 Å². The molecule has 1 amide bonds. The summed E-state index contributed by atoms with van der Waals surface area (Å²) in [6, 6.07) is 0.0706. The molecule has 2 heterocycles. The Balaban J connectivity index is 1.94. The molecule has 17 heavy (non-hydrogen) atoms. The van der Waals surface area contributed by atoms with Gasteiger partial charge < -0.3 is 10.2 Å². The zero-order chi connectivity index (χ0) is 12.4. The van der Waals surface area contributed by atoms with E-state index in [0.29, 0.717) is 22.3 Å². The van der Waals surface area contributed by atoms with Crippen molar-refractivity contribution < 1.29 is 4.79 Å². The number of carbonyl (C=O) groups excluding carboxylic acids is 1. The van der Waals surface area contributed by atoms with Crippen molar-refractivity contribution in [3.63, 3.8) is 0 Å². The fourth-order valence-electron chi connectivity index (χ4n) is 2.87. The molecule has 98 valence electrons. The first-order valence-electron chi connectivity index (χ1n) is 6.74. The van der Waals surface area contributed by atoms with Crippen LogP contribution in [0.3, 0.4) is 0 Å². The summed E-state index contributed by atoms with van der Waals surface area (Å²) in [5.41, 5.74) is 0. The predicted octanol–water partition coefficient (Wildman–Crippen LogP) is 1.73. The van der Waals surface area contributed by atoms with E-state index in [-0.39, 0.29) is 6.04 Å². The fraction of sp³-hybridized carbons (Fsp3) is 0.923. The molecule has 3 nitrogen and oxygen atoms in total. The minimum atomic E-state index is 0.0706. The van der Waals surface area contributed by atoms with Gasteiger partial charge in [-0.1, -0.05) is 20.8 Å². The molecule has 0 spiro atoms. The number of carbonyl (C=O) groups is 1. The Hall–Kier alpha value is -0.220. The second-order valence-corrected chi connectivity index (χ2v) is 7.52. The molecule has 0 saturated carbocycles. The SMILES string of the molecule is CC1CCNC(C(=O)N2CC(C)SC(C)C2)C1. The van der Waals surface area contributed by atoms with Crippen molar-refractivity contribution in [1.82, 2.24) is 10.2 Å². The molecule has 2 rings (SSSR count). The Bertz CT molecular complexity index is 275. The van der Waals surface area contributed by atoms with E-state index in [1.165, 1.54) is 6.42 Å². The van der Waals surface area contributed by atoms with Crippen molar-refractivity contribution in [3.8, 4) is 0 Å². The second kappa shape index (κ2) is 5.61. The highest BCUT2D eigenvalue weighted by Crippen LogP contribution is 2.26. The fourth-order valence-corrected chi connectivity index (χ4v) is 4.20. The van der Waals surface area contributed by atoms with Gasteiger partial charge in [0.1, 0.15) is 0 Å². The molecule has 2 aliphatic heterocycles. The molecule has 1 N–H and O–H groups in total. The van der Waals surface area contributed by atoms with Crippen molar-refractivity contribution in [1.29, 1.82) is 0 Å². The van der Waals surface area contributed by atoms with Crippen LogP contribution in [0.2, 0.25) is 0 Å². The van der Waals surface area contributed by atoms with Crippen LogP contribution < -0.4 is 5.32 Å². The molecule has 4 unspecified atom stereocenters. The molecule has 0 aromatic rings. The van der Waals surface area contributed by atoms with Crippen LogP contribution in [-0.4, -0.2) is 47.0 Å². The average molecular weight is 256 g/mol. The number of thioether (sulfide) groups is 1. The minimum Gasteiger partial charge on any atom is -0.339 e. The standard InChI is InChI=1S/C13H24N2OS/c1-9-4-5-14-12(6-9)13(16)15-7-10(2)17-11(3)8-15/h9-12,14H,4-8H2,1-3H3. The Morgan fingerprint density at radius 3 is 2.47 bits per heavy atom. The molecule has 4 heteroatoms. The summed E-state index contributed by atoms with van der Waals surface area (Å²) >= 11 is 2.00. The molecular weight excluding hydrogens is 232 g/mol. The van der Waals surface area contributed by atoms with Crippen LogP contribution in [0.25, 0.3) is 0 Å². The van der Waals surface area contributed by atoms with Gasteiger partial charge in [0.05, 0.1) is 6.04 Å². The van der Waals surface area contributed by atoms with Gasteiger partial charge in [-0.05, 0) is 25.3 Å². The lowest BCUT2D eigenvalue weighted by molar-refractivity contribution is -0.134. The van der Waals surface area contributed by atoms with E-state index < -0.39 is 0 Å². The molecule has 4 atom stereocenters. The van der Waals surface area contributed by atoms with E-state index >= 15 is 0 Å². The molecule has 0 aromatic carbocycles. The van der Waals surface area contributed by atoms with Crippen molar-refractivity contribution in [2.75, 3.05) is 19.6 Å². The highest BCUT2D eigenvalue weighted by Gasteiger charge is 2.32. The maximum Gasteiger partial charge on any atom is 0.239 e. The molecule has 0 aliphatic carbocycles. The summed E-state index contributed by atoms with van der Waals surface area (Å²) in [5, 5.41) is 4.52. The Morgan fingerprint density at radius 1 is 1.24 bits per heavy atom. The van der Waals surface area contributed by atoms with Crippen LogP contribution in [0.15, 0.2) is 0 Å². The van der Waals surface area contributed by atoms with E-state index in [4.69, 9.17) is 0 Å². The summed E-state index contributed by atoms with van der Waals surface area (Å²) < 4.78 is 0.